The van der Waals surface area contributed by atoms with Crippen LogP contribution in [0.4, 0.5) is 0 Å². The highest BCUT2D eigenvalue weighted by molar-refractivity contribution is 5.49. The Bertz CT molecular complexity index is 568. The Balaban J connectivity index is 2.09. The topological polar surface area (TPSA) is 63.6 Å². The second kappa shape index (κ2) is 5.40. The van der Waals surface area contributed by atoms with E-state index < -0.39 is 0 Å². The number of nitrogens with one attached hydrogen (secondary N) is 1. The maximum absolute atomic E-state index is 4.70. The van der Waals surface area contributed by atoms with Gasteiger partial charge in [-0.15, -0.1) is 0 Å². The van der Waals surface area contributed by atoms with E-state index >= 15 is 0 Å². The summed E-state index contributed by atoms with van der Waals surface area (Å²) in [6.45, 7) is 4.01. The highest BCUT2D eigenvalue weighted by Crippen LogP contribution is 2.21. The number of rotatable bonds is 3. The molecule has 2 aromatic heterocycles. The first-order valence-corrected chi connectivity index (χ1v) is 6.74. The fourth-order valence-electron chi connectivity index (χ4n) is 2.41. The molecule has 0 atom stereocenters. The van der Waals surface area contributed by atoms with E-state index in [-0.39, 0.29) is 0 Å². The van der Waals surface area contributed by atoms with Gasteiger partial charge in [0.25, 0.3) is 0 Å². The van der Waals surface area contributed by atoms with Gasteiger partial charge in [-0.25, -0.2) is 15.0 Å². The molecule has 1 aliphatic rings. The maximum atomic E-state index is 4.70. The van der Waals surface area contributed by atoms with E-state index in [0.29, 0.717) is 5.82 Å². The SMILES string of the molecule is CCCc1nc(-c2cnccn2)nc2c1CCNC2. The average molecular weight is 255 g/mol. The van der Waals surface area contributed by atoms with Crippen LogP contribution in [0.3, 0.4) is 0 Å². The van der Waals surface area contributed by atoms with E-state index in [2.05, 4.69) is 27.2 Å². The lowest BCUT2D eigenvalue weighted by atomic mass is 10.0. The fraction of sp³-hybridized carbons (Fsp3) is 0.429. The smallest absolute Gasteiger partial charge is 0.180 e. The minimum Gasteiger partial charge on any atom is -0.311 e. The summed E-state index contributed by atoms with van der Waals surface area (Å²) in [5.41, 5.74) is 4.36. The summed E-state index contributed by atoms with van der Waals surface area (Å²) in [6.07, 6.45) is 8.17. The Morgan fingerprint density at radius 2 is 2.21 bits per heavy atom. The molecule has 0 radical (unpaired) electrons. The van der Waals surface area contributed by atoms with Crippen LogP contribution in [0.1, 0.15) is 30.3 Å². The van der Waals surface area contributed by atoms with Crippen molar-refractivity contribution in [3.05, 3.63) is 35.5 Å². The molecule has 3 rings (SSSR count). The molecule has 5 heteroatoms. The zero-order valence-corrected chi connectivity index (χ0v) is 11.1. The third kappa shape index (κ3) is 2.46. The fourth-order valence-corrected chi connectivity index (χ4v) is 2.41. The number of nitrogens with zero attached hydrogens (tertiary/aromatic N) is 4. The zero-order chi connectivity index (χ0) is 13.1. The molecule has 1 aliphatic heterocycles. The zero-order valence-electron chi connectivity index (χ0n) is 11.1. The normalized spacial score (nSPS) is 14.2. The van der Waals surface area contributed by atoms with Gasteiger partial charge in [-0.1, -0.05) is 13.3 Å². The first kappa shape index (κ1) is 12.2. The molecular formula is C14H17N5. The number of aryl methyl sites for hydroxylation is 1. The quantitative estimate of drug-likeness (QED) is 0.901. The summed E-state index contributed by atoms with van der Waals surface area (Å²) in [5, 5.41) is 3.36. The molecule has 0 amide bonds. The van der Waals surface area contributed by atoms with Crippen molar-refractivity contribution in [2.45, 2.75) is 32.7 Å². The molecule has 0 spiro atoms. The highest BCUT2D eigenvalue weighted by Gasteiger charge is 2.17. The first-order valence-electron chi connectivity index (χ1n) is 6.74. The van der Waals surface area contributed by atoms with Crippen LogP contribution in [0.5, 0.6) is 0 Å². The van der Waals surface area contributed by atoms with Crippen LogP contribution < -0.4 is 5.32 Å². The van der Waals surface area contributed by atoms with Gasteiger partial charge in [-0.3, -0.25) is 4.98 Å². The van der Waals surface area contributed by atoms with Gasteiger partial charge in [-0.05, 0) is 24.9 Å². The second-order valence-corrected chi connectivity index (χ2v) is 4.69. The molecule has 19 heavy (non-hydrogen) atoms. The molecule has 1 N–H and O–H groups in total. The van der Waals surface area contributed by atoms with Crippen LogP contribution in [-0.2, 0) is 19.4 Å². The largest absolute Gasteiger partial charge is 0.311 e. The van der Waals surface area contributed by atoms with Crippen LogP contribution in [0.15, 0.2) is 18.6 Å². The lowest BCUT2D eigenvalue weighted by Crippen LogP contribution is -2.26. The second-order valence-electron chi connectivity index (χ2n) is 4.69. The number of aromatic nitrogens is 4. The molecule has 0 saturated carbocycles. The van der Waals surface area contributed by atoms with Crippen molar-refractivity contribution in [1.82, 2.24) is 25.3 Å². The van der Waals surface area contributed by atoms with Gasteiger partial charge < -0.3 is 5.32 Å². The van der Waals surface area contributed by atoms with Gasteiger partial charge in [0.1, 0.15) is 5.69 Å². The summed E-state index contributed by atoms with van der Waals surface area (Å²) in [7, 11) is 0. The van der Waals surface area contributed by atoms with Crippen molar-refractivity contribution in [1.29, 1.82) is 0 Å². The molecule has 0 saturated heterocycles. The Morgan fingerprint density at radius 1 is 1.26 bits per heavy atom. The van der Waals surface area contributed by atoms with E-state index in [4.69, 9.17) is 4.98 Å². The lowest BCUT2D eigenvalue weighted by molar-refractivity contribution is 0.614. The van der Waals surface area contributed by atoms with E-state index in [1.807, 2.05) is 0 Å². The minimum absolute atomic E-state index is 0.694. The number of fused-ring (bicyclic) bond motifs is 1. The molecule has 98 valence electrons. The molecule has 5 nitrogen and oxygen atoms in total. The van der Waals surface area contributed by atoms with Gasteiger partial charge in [0, 0.05) is 24.6 Å². The predicted octanol–water partition coefficient (Wildman–Crippen LogP) is 1.53. The van der Waals surface area contributed by atoms with Crippen molar-refractivity contribution < 1.29 is 0 Å². The van der Waals surface area contributed by atoms with Gasteiger partial charge >= 0.3 is 0 Å². The Kier molecular flexibility index (Phi) is 3.46. The summed E-state index contributed by atoms with van der Waals surface area (Å²) in [5.74, 6) is 0.694. The van der Waals surface area contributed by atoms with Gasteiger partial charge in [0.2, 0.25) is 0 Å². The van der Waals surface area contributed by atoms with E-state index in [0.717, 1.165) is 43.7 Å². The Morgan fingerprint density at radius 3 is 3.00 bits per heavy atom. The van der Waals surface area contributed by atoms with Crippen molar-refractivity contribution in [3.63, 3.8) is 0 Å². The third-order valence-corrected chi connectivity index (χ3v) is 3.30. The molecule has 2 aromatic rings. The van der Waals surface area contributed by atoms with Crippen LogP contribution in [0.25, 0.3) is 11.5 Å². The third-order valence-electron chi connectivity index (χ3n) is 3.30. The van der Waals surface area contributed by atoms with Crippen molar-refractivity contribution in [2.24, 2.45) is 0 Å². The molecule has 0 aromatic carbocycles. The predicted molar refractivity (Wildman–Crippen MR) is 72.5 cm³/mol. The Hall–Kier alpha value is -1.88. The van der Waals surface area contributed by atoms with Gasteiger partial charge in [0.15, 0.2) is 5.82 Å². The summed E-state index contributed by atoms with van der Waals surface area (Å²) >= 11 is 0. The molecule has 0 unspecified atom stereocenters. The van der Waals surface area contributed by atoms with Crippen molar-refractivity contribution in [3.8, 4) is 11.5 Å². The number of hydrogen-bond acceptors (Lipinski definition) is 5. The van der Waals surface area contributed by atoms with Crippen molar-refractivity contribution in [2.75, 3.05) is 6.54 Å². The first-order chi connectivity index (χ1) is 9.38. The molecule has 0 fully saturated rings. The van der Waals surface area contributed by atoms with Crippen LogP contribution >= 0.6 is 0 Å². The summed E-state index contributed by atoms with van der Waals surface area (Å²) < 4.78 is 0. The molecule has 0 aliphatic carbocycles. The molecule has 0 bridgehead atoms. The standard InChI is InChI=1S/C14H17N5/c1-2-3-11-10-4-5-15-8-12(10)19-14(18-11)13-9-16-6-7-17-13/h6-7,9,15H,2-5,8H2,1H3. The van der Waals surface area contributed by atoms with E-state index in [1.54, 1.807) is 18.6 Å². The molecular weight excluding hydrogens is 238 g/mol. The van der Waals surface area contributed by atoms with Crippen LogP contribution in [0.2, 0.25) is 0 Å². The van der Waals surface area contributed by atoms with Crippen LogP contribution in [0, 0.1) is 0 Å². The van der Waals surface area contributed by atoms with Crippen molar-refractivity contribution >= 4 is 0 Å². The van der Waals surface area contributed by atoms with Gasteiger partial charge in [0.05, 0.1) is 11.9 Å². The van der Waals surface area contributed by atoms with E-state index in [1.165, 1.54) is 11.3 Å². The minimum atomic E-state index is 0.694. The monoisotopic (exact) mass is 255 g/mol. The summed E-state index contributed by atoms with van der Waals surface area (Å²) in [6, 6.07) is 0. The van der Waals surface area contributed by atoms with Gasteiger partial charge in [-0.2, -0.15) is 0 Å². The average Bonchev–Trinajstić information content (AvgIpc) is 2.48. The summed E-state index contributed by atoms with van der Waals surface area (Å²) in [4.78, 5) is 17.7. The Labute approximate surface area is 112 Å². The maximum Gasteiger partial charge on any atom is 0.180 e. The van der Waals surface area contributed by atoms with Crippen LogP contribution in [-0.4, -0.2) is 26.5 Å². The highest BCUT2D eigenvalue weighted by atomic mass is 15.0. The number of hydrogen-bond donors (Lipinski definition) is 1. The molecule has 3 heterocycles. The van der Waals surface area contributed by atoms with E-state index in [9.17, 15) is 0 Å². The lowest BCUT2D eigenvalue weighted by Gasteiger charge is -2.19.